The second-order valence-electron chi connectivity index (χ2n) is 13.0. The van der Waals surface area contributed by atoms with E-state index >= 15 is 4.39 Å². The highest BCUT2D eigenvalue weighted by molar-refractivity contribution is 6.00. The van der Waals surface area contributed by atoms with Crippen molar-refractivity contribution >= 4 is 16.7 Å². The fourth-order valence-electron chi connectivity index (χ4n) is 6.57. The second kappa shape index (κ2) is 14.1. The lowest BCUT2D eigenvalue weighted by Gasteiger charge is -2.46. The summed E-state index contributed by atoms with van der Waals surface area (Å²) in [6, 6.07) is 14.8. The van der Waals surface area contributed by atoms with Crippen molar-refractivity contribution in [2.45, 2.75) is 31.8 Å². The van der Waals surface area contributed by atoms with Crippen LogP contribution in [-0.2, 0) is 17.6 Å². The SMILES string of the molecule is COc1cc2c(Oc3ccc(CC(=O)c4c5c(cn(-c6ccc(F)cc6)c4=O)CCO5)cc3F)ccnc2cc1OCCCN1CC(C)(OC)C1. The number of pyridine rings is 2. The van der Waals surface area contributed by atoms with Crippen LogP contribution in [0, 0.1) is 11.6 Å². The van der Waals surface area contributed by atoms with Crippen LogP contribution in [-0.4, -0.2) is 72.9 Å². The molecule has 2 aromatic heterocycles. The molecule has 3 aromatic carbocycles. The minimum Gasteiger partial charge on any atom is -0.493 e. The van der Waals surface area contributed by atoms with Gasteiger partial charge in [0.05, 0.1) is 31.4 Å². The fraction of sp³-hybridized carbons (Fsp3) is 0.308. The highest BCUT2D eigenvalue weighted by Crippen LogP contribution is 2.38. The molecular formula is C39H37F2N3O7. The average Bonchev–Trinajstić information content (AvgIpc) is 3.58. The van der Waals surface area contributed by atoms with Crippen molar-refractivity contribution in [1.29, 1.82) is 0 Å². The molecule has 0 atom stereocenters. The van der Waals surface area contributed by atoms with Crippen molar-refractivity contribution < 1.29 is 37.3 Å². The van der Waals surface area contributed by atoms with Gasteiger partial charge in [0.1, 0.15) is 22.9 Å². The molecule has 2 aliphatic heterocycles. The van der Waals surface area contributed by atoms with Crippen LogP contribution in [0.15, 0.2) is 77.9 Å². The number of carbonyl (C=O) groups excluding carboxylic acids is 1. The maximum absolute atomic E-state index is 15.5. The Kier molecular flexibility index (Phi) is 9.45. The van der Waals surface area contributed by atoms with Gasteiger partial charge >= 0.3 is 0 Å². The predicted octanol–water partition coefficient (Wildman–Crippen LogP) is 6.31. The first-order valence-electron chi connectivity index (χ1n) is 16.7. The van der Waals surface area contributed by atoms with Gasteiger partial charge in [0.15, 0.2) is 28.8 Å². The first-order valence-corrected chi connectivity index (χ1v) is 16.7. The van der Waals surface area contributed by atoms with E-state index in [1.165, 1.54) is 41.0 Å². The summed E-state index contributed by atoms with van der Waals surface area (Å²) < 4.78 is 59.2. The number of carbonyl (C=O) groups is 1. The van der Waals surface area contributed by atoms with E-state index in [0.717, 1.165) is 26.1 Å². The summed E-state index contributed by atoms with van der Waals surface area (Å²) in [5.41, 5.74) is 1.23. The third-order valence-electron chi connectivity index (χ3n) is 9.29. The van der Waals surface area contributed by atoms with E-state index in [2.05, 4.69) is 16.8 Å². The van der Waals surface area contributed by atoms with E-state index in [1.54, 1.807) is 50.9 Å². The molecule has 264 valence electrons. The molecular weight excluding hydrogens is 660 g/mol. The molecule has 0 spiro atoms. The van der Waals surface area contributed by atoms with Crippen LogP contribution in [0.3, 0.4) is 0 Å². The average molecular weight is 698 g/mol. The number of hydrogen-bond acceptors (Lipinski definition) is 9. The Morgan fingerprint density at radius 1 is 0.980 bits per heavy atom. The first-order chi connectivity index (χ1) is 24.6. The van der Waals surface area contributed by atoms with Crippen LogP contribution >= 0.6 is 0 Å². The molecule has 5 aromatic rings. The summed E-state index contributed by atoms with van der Waals surface area (Å²) in [6.07, 6.45) is 4.26. The van der Waals surface area contributed by atoms with Crippen LogP contribution in [0.2, 0.25) is 0 Å². The molecule has 0 saturated carbocycles. The number of halogens is 2. The number of Topliss-reactive ketones (excluding diaryl/α,β-unsaturated/α-hetero) is 1. The molecule has 0 bridgehead atoms. The number of ether oxygens (including phenoxy) is 5. The Hall–Kier alpha value is -5.33. The predicted molar refractivity (Wildman–Crippen MR) is 186 cm³/mol. The lowest BCUT2D eigenvalue weighted by atomic mass is 9.96. The Labute approximate surface area is 293 Å². The van der Waals surface area contributed by atoms with Crippen LogP contribution in [0.4, 0.5) is 8.78 Å². The topological polar surface area (TPSA) is 101 Å². The minimum absolute atomic E-state index is 0.0591. The van der Waals surface area contributed by atoms with Gasteiger partial charge in [-0.1, -0.05) is 6.07 Å². The van der Waals surface area contributed by atoms with Gasteiger partial charge in [-0.2, -0.15) is 0 Å². The van der Waals surface area contributed by atoms with Crippen molar-refractivity contribution in [3.63, 3.8) is 0 Å². The quantitative estimate of drug-likeness (QED) is 0.103. The van der Waals surface area contributed by atoms with E-state index in [-0.39, 0.29) is 29.1 Å². The standard InChI is InChI=1S/C39H37F2N3O7/c1-39(48-3)22-43(23-39)14-4-15-49-35-20-30-28(19-34(35)47-2)32(11-13-42-30)51-33-10-5-24(17-29(33)41)18-31(45)36-37-25(12-16-50-37)21-44(38(36)46)27-8-6-26(40)7-9-27/h5-11,13,17,19-21H,4,12,14-16,18,22-23H2,1-3H3. The lowest BCUT2D eigenvalue weighted by Crippen LogP contribution is -2.61. The summed E-state index contributed by atoms with van der Waals surface area (Å²) >= 11 is 0. The van der Waals surface area contributed by atoms with Crippen LogP contribution in [0.25, 0.3) is 16.6 Å². The fourth-order valence-corrected chi connectivity index (χ4v) is 6.57. The zero-order valence-corrected chi connectivity index (χ0v) is 28.5. The van der Waals surface area contributed by atoms with Crippen molar-refractivity contribution in [3.05, 3.63) is 112 Å². The molecule has 0 aliphatic carbocycles. The number of ketones is 1. The summed E-state index contributed by atoms with van der Waals surface area (Å²) in [5.74, 6) is -0.108. The minimum atomic E-state index is -0.691. The van der Waals surface area contributed by atoms with Gasteiger partial charge in [0.2, 0.25) is 0 Å². The van der Waals surface area contributed by atoms with Gasteiger partial charge < -0.3 is 23.7 Å². The smallest absolute Gasteiger partial charge is 0.269 e. The number of hydrogen-bond donors (Lipinski definition) is 0. The molecule has 0 radical (unpaired) electrons. The molecule has 10 nitrogen and oxygen atoms in total. The highest BCUT2D eigenvalue weighted by Gasteiger charge is 2.38. The number of rotatable bonds is 13. The molecule has 1 saturated heterocycles. The summed E-state index contributed by atoms with van der Waals surface area (Å²) in [4.78, 5) is 33.9. The van der Waals surface area contributed by atoms with Crippen LogP contribution < -0.4 is 24.5 Å². The van der Waals surface area contributed by atoms with Gasteiger partial charge in [-0.15, -0.1) is 0 Å². The molecule has 1 fully saturated rings. The molecule has 12 heteroatoms. The van der Waals surface area contributed by atoms with E-state index in [9.17, 15) is 14.0 Å². The molecule has 4 heterocycles. The lowest BCUT2D eigenvalue weighted by molar-refractivity contribution is -0.111. The van der Waals surface area contributed by atoms with Crippen molar-refractivity contribution in [2.75, 3.05) is 47.1 Å². The molecule has 0 amide bonds. The Morgan fingerprint density at radius 3 is 2.53 bits per heavy atom. The van der Waals surface area contributed by atoms with Gasteiger partial charge in [0, 0.05) is 74.7 Å². The normalized spacial score (nSPS) is 14.8. The number of likely N-dealkylation sites (tertiary alicyclic amines) is 1. The van der Waals surface area contributed by atoms with Crippen LogP contribution in [0.1, 0.15) is 34.8 Å². The molecule has 51 heavy (non-hydrogen) atoms. The van der Waals surface area contributed by atoms with E-state index < -0.39 is 23.0 Å². The second-order valence-corrected chi connectivity index (χ2v) is 13.0. The largest absolute Gasteiger partial charge is 0.493 e. The third-order valence-corrected chi connectivity index (χ3v) is 9.29. The molecule has 0 N–H and O–H groups in total. The van der Waals surface area contributed by atoms with Gasteiger partial charge in [0.25, 0.3) is 5.56 Å². The number of aromatic nitrogens is 2. The van der Waals surface area contributed by atoms with Crippen molar-refractivity contribution in [2.24, 2.45) is 0 Å². The van der Waals surface area contributed by atoms with Crippen molar-refractivity contribution in [1.82, 2.24) is 14.5 Å². The summed E-state index contributed by atoms with van der Waals surface area (Å²) in [5, 5.41) is 0.593. The summed E-state index contributed by atoms with van der Waals surface area (Å²) in [6.45, 7) is 5.59. The van der Waals surface area contributed by atoms with E-state index in [4.69, 9.17) is 23.7 Å². The molecule has 0 unspecified atom stereocenters. The maximum Gasteiger partial charge on any atom is 0.269 e. The van der Waals surface area contributed by atoms with E-state index in [1.807, 2.05) is 0 Å². The Bertz CT molecular complexity index is 2160. The Balaban J connectivity index is 1.06. The van der Waals surface area contributed by atoms with Gasteiger partial charge in [-0.3, -0.25) is 24.0 Å². The number of methoxy groups -OCH3 is 2. The first kappa shape index (κ1) is 34.1. The van der Waals surface area contributed by atoms with Gasteiger partial charge in [-0.05, 0) is 67.4 Å². The van der Waals surface area contributed by atoms with Crippen molar-refractivity contribution in [3.8, 4) is 34.4 Å². The summed E-state index contributed by atoms with van der Waals surface area (Å²) in [7, 11) is 3.28. The number of nitrogens with zero attached hydrogens (tertiary/aromatic N) is 3. The maximum atomic E-state index is 15.5. The number of benzene rings is 3. The Morgan fingerprint density at radius 2 is 1.78 bits per heavy atom. The zero-order valence-electron chi connectivity index (χ0n) is 28.5. The van der Waals surface area contributed by atoms with Gasteiger partial charge in [-0.25, -0.2) is 8.78 Å². The van der Waals surface area contributed by atoms with Crippen LogP contribution in [0.5, 0.6) is 28.7 Å². The molecule has 2 aliphatic rings. The highest BCUT2D eigenvalue weighted by atomic mass is 19.1. The zero-order chi connectivity index (χ0) is 35.7. The number of fused-ring (bicyclic) bond motifs is 2. The molecule has 7 rings (SSSR count). The third kappa shape index (κ3) is 7.02. The van der Waals surface area contributed by atoms with E-state index in [0.29, 0.717) is 64.6 Å². The monoisotopic (exact) mass is 697 g/mol.